The van der Waals surface area contributed by atoms with E-state index in [1.807, 2.05) is 13.8 Å². The molecule has 7 heteroatoms. The van der Waals surface area contributed by atoms with Crippen LogP contribution in [0, 0.1) is 17.8 Å². The minimum Gasteiger partial charge on any atom is -0.441 e. The van der Waals surface area contributed by atoms with Crippen molar-refractivity contribution in [2.24, 2.45) is 17.8 Å². The standard InChI is InChI=1S/C20H33NO6/c1-10(2)12-7-6-11(3)8-13(12)24-18-15-17(26-19(22)21-15)16-14(25-18)9-23-20(4,5)27-16/h10-18H,6-9H2,1-5H3,(H,21,22)/t11-,12+,13-,14-,15+,16-,17-,18+/m1/s1. The average molecular weight is 383 g/mol. The second-order valence-corrected chi connectivity index (χ2v) is 9.38. The van der Waals surface area contributed by atoms with E-state index in [9.17, 15) is 4.79 Å². The highest BCUT2D eigenvalue weighted by molar-refractivity contribution is 5.70. The SMILES string of the molecule is CC(C)[C@@H]1CC[C@@H](C)C[C@H]1O[C@H]1O[C@@H]2COC(C)(C)O[C@H]2[C@@H]2OC(=O)N[C@H]12. The molecular weight excluding hydrogens is 350 g/mol. The zero-order valence-electron chi connectivity index (χ0n) is 17.0. The summed E-state index contributed by atoms with van der Waals surface area (Å²) in [6, 6.07) is -0.363. The number of rotatable bonds is 3. The molecule has 7 nitrogen and oxygen atoms in total. The lowest BCUT2D eigenvalue weighted by Crippen LogP contribution is -2.66. The zero-order valence-corrected chi connectivity index (χ0v) is 17.0. The van der Waals surface area contributed by atoms with Gasteiger partial charge in [-0.3, -0.25) is 0 Å². The van der Waals surface area contributed by atoms with Gasteiger partial charge in [-0.25, -0.2) is 4.79 Å². The Labute approximate surface area is 161 Å². The Kier molecular flexibility index (Phi) is 5.16. The van der Waals surface area contributed by atoms with Crippen molar-refractivity contribution in [3.05, 3.63) is 0 Å². The van der Waals surface area contributed by atoms with Gasteiger partial charge in [0.15, 0.2) is 18.2 Å². The normalized spacial score (nSPS) is 46.4. The Bertz CT molecular complexity index is 567. The summed E-state index contributed by atoms with van der Waals surface area (Å²) in [5, 5.41) is 2.88. The molecule has 8 atom stereocenters. The number of hydrogen-bond acceptors (Lipinski definition) is 6. The van der Waals surface area contributed by atoms with Gasteiger partial charge < -0.3 is 29.0 Å². The number of carbonyl (C=O) groups is 1. The average Bonchev–Trinajstić information content (AvgIpc) is 2.97. The van der Waals surface area contributed by atoms with Gasteiger partial charge in [-0.05, 0) is 44.4 Å². The van der Waals surface area contributed by atoms with Gasteiger partial charge in [0, 0.05) is 0 Å². The third-order valence-electron chi connectivity index (χ3n) is 6.46. The second-order valence-electron chi connectivity index (χ2n) is 9.38. The molecule has 3 aliphatic heterocycles. The summed E-state index contributed by atoms with van der Waals surface area (Å²) in [4.78, 5) is 12.0. The highest BCUT2D eigenvalue weighted by Crippen LogP contribution is 2.40. The fourth-order valence-corrected chi connectivity index (χ4v) is 4.97. The van der Waals surface area contributed by atoms with Crippen LogP contribution in [0.4, 0.5) is 4.79 Å². The quantitative estimate of drug-likeness (QED) is 0.808. The molecule has 0 aromatic carbocycles. The lowest BCUT2D eigenvalue weighted by Gasteiger charge is -2.49. The van der Waals surface area contributed by atoms with E-state index < -0.39 is 24.3 Å². The van der Waals surface area contributed by atoms with Gasteiger partial charge in [-0.15, -0.1) is 0 Å². The van der Waals surface area contributed by atoms with Crippen LogP contribution in [0.5, 0.6) is 0 Å². The van der Waals surface area contributed by atoms with Gasteiger partial charge >= 0.3 is 6.09 Å². The minimum atomic E-state index is -0.723. The molecule has 3 saturated heterocycles. The molecule has 4 aliphatic rings. The first kappa shape index (κ1) is 19.4. The van der Waals surface area contributed by atoms with Crippen LogP contribution in [-0.4, -0.2) is 55.2 Å². The molecule has 0 aromatic heterocycles. The Balaban J connectivity index is 1.52. The molecule has 4 fully saturated rings. The van der Waals surface area contributed by atoms with E-state index in [-0.39, 0.29) is 24.4 Å². The number of fused-ring (bicyclic) bond motifs is 3. The molecule has 1 aliphatic carbocycles. The van der Waals surface area contributed by atoms with Crippen LogP contribution in [0.3, 0.4) is 0 Å². The van der Waals surface area contributed by atoms with Crippen molar-refractivity contribution in [2.75, 3.05) is 6.61 Å². The zero-order chi connectivity index (χ0) is 19.3. The first-order valence-electron chi connectivity index (χ1n) is 10.3. The molecule has 1 N–H and O–H groups in total. The number of nitrogens with one attached hydrogen (secondary N) is 1. The van der Waals surface area contributed by atoms with Crippen molar-refractivity contribution in [3.8, 4) is 0 Å². The summed E-state index contributed by atoms with van der Waals surface area (Å²) >= 11 is 0. The van der Waals surface area contributed by atoms with Crippen LogP contribution in [0.1, 0.15) is 53.9 Å². The molecule has 0 radical (unpaired) electrons. The van der Waals surface area contributed by atoms with Gasteiger partial charge in [0.25, 0.3) is 0 Å². The lowest BCUT2D eigenvalue weighted by molar-refractivity contribution is -0.368. The number of alkyl carbamates (subject to hydrolysis) is 1. The summed E-state index contributed by atoms with van der Waals surface area (Å²) in [5.41, 5.74) is 0. The van der Waals surface area contributed by atoms with E-state index in [1.165, 1.54) is 12.8 Å². The van der Waals surface area contributed by atoms with E-state index in [2.05, 4.69) is 26.1 Å². The van der Waals surface area contributed by atoms with Gasteiger partial charge in [0.1, 0.15) is 18.2 Å². The van der Waals surface area contributed by atoms with E-state index in [0.717, 1.165) is 6.42 Å². The maximum absolute atomic E-state index is 12.0. The fraction of sp³-hybridized carbons (Fsp3) is 0.950. The fourth-order valence-electron chi connectivity index (χ4n) is 4.97. The maximum Gasteiger partial charge on any atom is 0.408 e. The molecule has 3 heterocycles. The van der Waals surface area contributed by atoms with Crippen LogP contribution in [-0.2, 0) is 23.7 Å². The Morgan fingerprint density at radius 2 is 2.00 bits per heavy atom. The lowest BCUT2D eigenvalue weighted by atomic mass is 9.75. The largest absolute Gasteiger partial charge is 0.441 e. The summed E-state index contributed by atoms with van der Waals surface area (Å²) in [6.45, 7) is 10.9. The monoisotopic (exact) mass is 383 g/mol. The van der Waals surface area contributed by atoms with Crippen LogP contribution in [0.2, 0.25) is 0 Å². The molecule has 154 valence electrons. The molecule has 0 unspecified atom stereocenters. The van der Waals surface area contributed by atoms with Crippen molar-refractivity contribution in [1.29, 1.82) is 0 Å². The summed E-state index contributed by atoms with van der Waals surface area (Å²) in [5.74, 6) is 0.955. The first-order chi connectivity index (χ1) is 12.7. The van der Waals surface area contributed by atoms with Gasteiger partial charge in [-0.1, -0.05) is 27.2 Å². The van der Waals surface area contributed by atoms with Crippen molar-refractivity contribution in [1.82, 2.24) is 5.32 Å². The van der Waals surface area contributed by atoms with Gasteiger partial charge in [0.05, 0.1) is 12.7 Å². The molecule has 1 amide bonds. The smallest absolute Gasteiger partial charge is 0.408 e. The molecule has 27 heavy (non-hydrogen) atoms. The third-order valence-corrected chi connectivity index (χ3v) is 6.46. The second kappa shape index (κ2) is 7.17. The molecule has 0 spiro atoms. The van der Waals surface area contributed by atoms with Crippen molar-refractivity contribution < 1.29 is 28.5 Å². The Hall–Kier alpha value is -0.890. The molecule has 1 saturated carbocycles. The Morgan fingerprint density at radius 3 is 2.74 bits per heavy atom. The molecular formula is C20H33NO6. The predicted molar refractivity (Wildman–Crippen MR) is 97.0 cm³/mol. The highest BCUT2D eigenvalue weighted by atomic mass is 16.8. The van der Waals surface area contributed by atoms with Gasteiger partial charge in [-0.2, -0.15) is 0 Å². The summed E-state index contributed by atoms with van der Waals surface area (Å²) in [6.07, 6.45) is 1.46. The summed E-state index contributed by atoms with van der Waals surface area (Å²) < 4.78 is 30.1. The van der Waals surface area contributed by atoms with E-state index >= 15 is 0 Å². The molecule has 0 aromatic rings. The first-order valence-corrected chi connectivity index (χ1v) is 10.3. The highest BCUT2D eigenvalue weighted by Gasteiger charge is 2.57. The number of ether oxygens (including phenoxy) is 5. The van der Waals surface area contributed by atoms with E-state index in [0.29, 0.717) is 24.4 Å². The Morgan fingerprint density at radius 1 is 1.22 bits per heavy atom. The maximum atomic E-state index is 12.0. The molecule has 0 bridgehead atoms. The van der Waals surface area contributed by atoms with Gasteiger partial charge in [0.2, 0.25) is 0 Å². The number of carbonyl (C=O) groups excluding carboxylic acids is 1. The third kappa shape index (κ3) is 3.84. The topological polar surface area (TPSA) is 75.2 Å². The van der Waals surface area contributed by atoms with E-state index in [4.69, 9.17) is 23.7 Å². The number of hydrogen-bond donors (Lipinski definition) is 1. The van der Waals surface area contributed by atoms with Crippen LogP contribution < -0.4 is 5.32 Å². The van der Waals surface area contributed by atoms with Crippen LogP contribution in [0.15, 0.2) is 0 Å². The van der Waals surface area contributed by atoms with Crippen LogP contribution >= 0.6 is 0 Å². The van der Waals surface area contributed by atoms with Crippen molar-refractivity contribution in [3.63, 3.8) is 0 Å². The summed E-state index contributed by atoms with van der Waals surface area (Å²) in [7, 11) is 0. The predicted octanol–water partition coefficient (Wildman–Crippen LogP) is 2.82. The van der Waals surface area contributed by atoms with E-state index in [1.54, 1.807) is 0 Å². The van der Waals surface area contributed by atoms with Crippen LogP contribution in [0.25, 0.3) is 0 Å². The number of amides is 1. The van der Waals surface area contributed by atoms with Crippen molar-refractivity contribution >= 4 is 6.09 Å². The minimum absolute atomic E-state index is 0.121. The van der Waals surface area contributed by atoms with Crippen molar-refractivity contribution in [2.45, 2.75) is 96.4 Å². The molecule has 4 rings (SSSR count).